The van der Waals surface area contributed by atoms with Crippen LogP contribution in [0.3, 0.4) is 0 Å². The number of hydrogen-bond acceptors (Lipinski definition) is 5. The predicted octanol–water partition coefficient (Wildman–Crippen LogP) is 1.26. The molecule has 0 spiro atoms. The smallest absolute Gasteiger partial charge is 0.222 e. The zero-order valence-corrected chi connectivity index (χ0v) is 12.0. The lowest BCUT2D eigenvalue weighted by Crippen LogP contribution is -2.33. The van der Waals surface area contributed by atoms with Crippen LogP contribution < -0.4 is 5.32 Å². The normalized spacial score (nSPS) is 23.9. The molecule has 1 atom stereocenters. The van der Waals surface area contributed by atoms with E-state index >= 15 is 0 Å². The first-order valence-electron chi connectivity index (χ1n) is 7.51. The summed E-state index contributed by atoms with van der Waals surface area (Å²) in [6, 6.07) is 0.374. The van der Waals surface area contributed by atoms with Crippen molar-refractivity contribution in [2.45, 2.75) is 51.6 Å². The highest BCUT2D eigenvalue weighted by Gasteiger charge is 2.29. The van der Waals surface area contributed by atoms with Crippen LogP contribution in [0.5, 0.6) is 0 Å². The van der Waals surface area contributed by atoms with Crippen molar-refractivity contribution in [1.82, 2.24) is 20.5 Å². The Balaban J connectivity index is 1.48. The molecule has 2 heterocycles. The van der Waals surface area contributed by atoms with Crippen LogP contribution in [0.2, 0.25) is 0 Å². The molecule has 1 saturated carbocycles. The minimum Gasteiger partial charge on any atom is -0.342 e. The van der Waals surface area contributed by atoms with E-state index in [1.165, 1.54) is 12.8 Å². The average Bonchev–Trinajstić information content (AvgIpc) is 3.19. The molecule has 1 N–H and O–H groups in total. The standard InChI is InChI=1S/C14H22N4O2/c1-10-13(17-20-16-10)8-15-12-4-5-14(19)18(7-6-12)9-11-2-3-11/h11-12,15H,2-9H2,1H3/t12-/m1/s1. The summed E-state index contributed by atoms with van der Waals surface area (Å²) in [6.45, 7) is 4.40. The summed E-state index contributed by atoms with van der Waals surface area (Å²) in [5.41, 5.74) is 1.69. The van der Waals surface area contributed by atoms with Gasteiger partial charge in [-0.2, -0.15) is 0 Å². The second kappa shape index (κ2) is 5.91. The zero-order valence-electron chi connectivity index (χ0n) is 12.0. The van der Waals surface area contributed by atoms with Gasteiger partial charge in [0, 0.05) is 32.1 Å². The number of likely N-dealkylation sites (tertiary alicyclic amines) is 1. The Morgan fingerprint density at radius 3 is 2.85 bits per heavy atom. The highest BCUT2D eigenvalue weighted by atomic mass is 16.6. The van der Waals surface area contributed by atoms with Gasteiger partial charge in [0.1, 0.15) is 11.4 Å². The fourth-order valence-electron chi connectivity index (χ4n) is 2.70. The summed E-state index contributed by atoms with van der Waals surface area (Å²) >= 11 is 0. The van der Waals surface area contributed by atoms with Gasteiger partial charge >= 0.3 is 0 Å². The van der Waals surface area contributed by atoms with Crippen LogP contribution in [0.1, 0.15) is 43.5 Å². The number of aryl methyl sites for hydroxylation is 1. The van der Waals surface area contributed by atoms with E-state index in [4.69, 9.17) is 4.63 Å². The molecule has 1 aromatic heterocycles. The Morgan fingerprint density at radius 2 is 2.15 bits per heavy atom. The predicted molar refractivity (Wildman–Crippen MR) is 72.8 cm³/mol. The van der Waals surface area contributed by atoms with Crippen molar-refractivity contribution >= 4 is 5.91 Å². The van der Waals surface area contributed by atoms with Gasteiger partial charge in [0.2, 0.25) is 5.91 Å². The maximum atomic E-state index is 12.1. The number of carbonyl (C=O) groups excluding carboxylic acids is 1. The monoisotopic (exact) mass is 278 g/mol. The molecule has 3 rings (SSSR count). The fourth-order valence-corrected chi connectivity index (χ4v) is 2.70. The molecule has 0 bridgehead atoms. The summed E-state index contributed by atoms with van der Waals surface area (Å²) < 4.78 is 4.69. The average molecular weight is 278 g/mol. The van der Waals surface area contributed by atoms with Crippen molar-refractivity contribution in [3.63, 3.8) is 0 Å². The molecule has 6 heteroatoms. The van der Waals surface area contributed by atoms with E-state index < -0.39 is 0 Å². The first kappa shape index (κ1) is 13.5. The van der Waals surface area contributed by atoms with E-state index in [1.807, 2.05) is 6.92 Å². The van der Waals surface area contributed by atoms with Crippen molar-refractivity contribution in [3.05, 3.63) is 11.4 Å². The minimum atomic E-state index is 0.320. The molecule has 2 aliphatic rings. The fraction of sp³-hybridized carbons (Fsp3) is 0.786. The number of rotatable bonds is 5. The SMILES string of the molecule is Cc1nonc1CN[C@@H]1CCC(=O)N(CC2CC2)CC1. The minimum absolute atomic E-state index is 0.320. The molecular formula is C14H22N4O2. The zero-order chi connectivity index (χ0) is 13.9. The number of amides is 1. The highest BCUT2D eigenvalue weighted by molar-refractivity contribution is 5.76. The molecule has 0 aromatic carbocycles. The lowest BCUT2D eigenvalue weighted by molar-refractivity contribution is -0.130. The Bertz CT molecular complexity index is 469. The van der Waals surface area contributed by atoms with Gasteiger partial charge in [0.15, 0.2) is 0 Å². The molecule has 6 nitrogen and oxygen atoms in total. The molecular weight excluding hydrogens is 256 g/mol. The molecule has 1 aromatic rings. The molecule has 110 valence electrons. The molecule has 20 heavy (non-hydrogen) atoms. The number of hydrogen-bond donors (Lipinski definition) is 1. The summed E-state index contributed by atoms with van der Waals surface area (Å²) in [6.07, 6.45) is 5.17. The highest BCUT2D eigenvalue weighted by Crippen LogP contribution is 2.30. The Morgan fingerprint density at radius 1 is 1.30 bits per heavy atom. The number of aromatic nitrogens is 2. The van der Waals surface area contributed by atoms with Crippen LogP contribution in [-0.2, 0) is 11.3 Å². The number of carbonyl (C=O) groups is 1. The van der Waals surface area contributed by atoms with Crippen LogP contribution in [-0.4, -0.2) is 40.3 Å². The third-order valence-corrected chi connectivity index (χ3v) is 4.29. The van der Waals surface area contributed by atoms with E-state index in [0.717, 1.165) is 43.2 Å². The summed E-state index contributed by atoms with van der Waals surface area (Å²) in [4.78, 5) is 14.1. The van der Waals surface area contributed by atoms with Crippen molar-refractivity contribution in [1.29, 1.82) is 0 Å². The van der Waals surface area contributed by atoms with Gasteiger partial charge < -0.3 is 10.2 Å². The van der Waals surface area contributed by atoms with Crippen molar-refractivity contribution < 1.29 is 9.42 Å². The topological polar surface area (TPSA) is 71.3 Å². The summed E-state index contributed by atoms with van der Waals surface area (Å²) in [5, 5.41) is 11.1. The van der Waals surface area contributed by atoms with Crippen LogP contribution in [0.15, 0.2) is 4.63 Å². The second-order valence-corrected chi connectivity index (χ2v) is 5.98. The Kier molecular flexibility index (Phi) is 4.00. The molecule has 2 fully saturated rings. The van der Waals surface area contributed by atoms with E-state index in [2.05, 4.69) is 20.5 Å². The molecule has 1 saturated heterocycles. The van der Waals surface area contributed by atoms with Crippen LogP contribution >= 0.6 is 0 Å². The van der Waals surface area contributed by atoms with Crippen molar-refractivity contribution in [2.75, 3.05) is 13.1 Å². The van der Waals surface area contributed by atoms with E-state index in [9.17, 15) is 4.79 Å². The largest absolute Gasteiger partial charge is 0.342 e. The summed E-state index contributed by atoms with van der Waals surface area (Å²) in [5.74, 6) is 1.09. The third-order valence-electron chi connectivity index (χ3n) is 4.29. The van der Waals surface area contributed by atoms with Gasteiger partial charge in [-0.25, -0.2) is 4.63 Å². The maximum absolute atomic E-state index is 12.1. The van der Waals surface area contributed by atoms with Crippen molar-refractivity contribution in [2.24, 2.45) is 5.92 Å². The van der Waals surface area contributed by atoms with Gasteiger partial charge in [-0.15, -0.1) is 0 Å². The van der Waals surface area contributed by atoms with Crippen LogP contribution in [0.4, 0.5) is 0 Å². The number of nitrogens with one attached hydrogen (secondary N) is 1. The van der Waals surface area contributed by atoms with Gasteiger partial charge in [-0.3, -0.25) is 4.79 Å². The summed E-state index contributed by atoms with van der Waals surface area (Å²) in [7, 11) is 0. The van der Waals surface area contributed by atoms with Gasteiger partial charge in [0.05, 0.1) is 0 Å². The van der Waals surface area contributed by atoms with E-state index in [0.29, 0.717) is 24.9 Å². The van der Waals surface area contributed by atoms with Gasteiger partial charge in [0.25, 0.3) is 0 Å². The first-order valence-corrected chi connectivity index (χ1v) is 7.51. The van der Waals surface area contributed by atoms with E-state index in [-0.39, 0.29) is 0 Å². The third kappa shape index (κ3) is 3.36. The quantitative estimate of drug-likeness (QED) is 0.878. The molecule has 1 aliphatic carbocycles. The lowest BCUT2D eigenvalue weighted by atomic mass is 10.1. The molecule has 1 aliphatic heterocycles. The molecule has 1 amide bonds. The second-order valence-electron chi connectivity index (χ2n) is 5.98. The molecule has 0 radical (unpaired) electrons. The van der Waals surface area contributed by atoms with Gasteiger partial charge in [-0.1, -0.05) is 10.3 Å². The Labute approximate surface area is 118 Å². The lowest BCUT2D eigenvalue weighted by Gasteiger charge is -2.20. The van der Waals surface area contributed by atoms with Crippen LogP contribution in [0.25, 0.3) is 0 Å². The van der Waals surface area contributed by atoms with Gasteiger partial charge in [-0.05, 0) is 38.5 Å². The van der Waals surface area contributed by atoms with Crippen molar-refractivity contribution in [3.8, 4) is 0 Å². The van der Waals surface area contributed by atoms with E-state index in [1.54, 1.807) is 0 Å². The first-order chi connectivity index (χ1) is 9.72. The van der Waals surface area contributed by atoms with Crippen LogP contribution in [0, 0.1) is 12.8 Å². The Hall–Kier alpha value is -1.43. The number of nitrogens with zero attached hydrogens (tertiary/aromatic N) is 3. The molecule has 0 unspecified atom stereocenters. The maximum Gasteiger partial charge on any atom is 0.222 e.